The molecular formula is C13H22N4OS. The Hall–Kier alpha value is -1.14. The monoisotopic (exact) mass is 282 g/mol. The smallest absolute Gasteiger partial charge is 0.263 e. The van der Waals surface area contributed by atoms with Gasteiger partial charge < -0.3 is 16.0 Å². The fourth-order valence-electron chi connectivity index (χ4n) is 2.40. The lowest BCUT2D eigenvalue weighted by Crippen LogP contribution is -2.33. The highest BCUT2D eigenvalue weighted by Crippen LogP contribution is 2.19. The van der Waals surface area contributed by atoms with Crippen molar-refractivity contribution in [2.45, 2.75) is 32.6 Å². The molecule has 2 rings (SSSR count). The van der Waals surface area contributed by atoms with Crippen molar-refractivity contribution < 1.29 is 4.79 Å². The van der Waals surface area contributed by atoms with Gasteiger partial charge in [-0.05, 0) is 45.8 Å². The third kappa shape index (κ3) is 4.18. The average Bonchev–Trinajstić information content (AvgIpc) is 2.75. The van der Waals surface area contributed by atoms with Crippen LogP contribution in [0.25, 0.3) is 0 Å². The first kappa shape index (κ1) is 14.3. The van der Waals surface area contributed by atoms with Crippen molar-refractivity contribution in [3.63, 3.8) is 0 Å². The number of nitrogens with two attached hydrogens (primary N) is 1. The summed E-state index contributed by atoms with van der Waals surface area (Å²) in [5.74, 6) is -0.0506. The van der Waals surface area contributed by atoms with E-state index in [-0.39, 0.29) is 5.91 Å². The van der Waals surface area contributed by atoms with E-state index in [9.17, 15) is 4.79 Å². The van der Waals surface area contributed by atoms with Gasteiger partial charge in [0.15, 0.2) is 5.13 Å². The number of nitrogen functional groups attached to an aromatic ring is 1. The van der Waals surface area contributed by atoms with Gasteiger partial charge >= 0.3 is 0 Å². The topological polar surface area (TPSA) is 71.2 Å². The lowest BCUT2D eigenvalue weighted by molar-refractivity contribution is 0.0954. The van der Waals surface area contributed by atoms with Crippen molar-refractivity contribution >= 4 is 22.4 Å². The molecule has 1 aliphatic heterocycles. The third-order valence-corrected chi connectivity index (χ3v) is 4.39. The minimum Gasteiger partial charge on any atom is -0.375 e. The maximum Gasteiger partial charge on any atom is 0.263 e. The van der Waals surface area contributed by atoms with E-state index in [0.717, 1.165) is 18.7 Å². The molecule has 1 aromatic rings. The van der Waals surface area contributed by atoms with Gasteiger partial charge in [0.25, 0.3) is 5.91 Å². The molecule has 1 aliphatic rings. The minimum absolute atomic E-state index is 0.0506. The predicted molar refractivity (Wildman–Crippen MR) is 78.5 cm³/mol. The van der Waals surface area contributed by atoms with Crippen molar-refractivity contribution in [3.05, 3.63) is 10.6 Å². The highest BCUT2D eigenvalue weighted by atomic mass is 32.1. The molecule has 0 saturated carbocycles. The predicted octanol–water partition coefficient (Wildman–Crippen LogP) is 1.64. The molecule has 0 spiro atoms. The van der Waals surface area contributed by atoms with Gasteiger partial charge in [-0.1, -0.05) is 17.8 Å². The van der Waals surface area contributed by atoms with Crippen LogP contribution in [0, 0.1) is 6.92 Å². The van der Waals surface area contributed by atoms with Crippen molar-refractivity contribution in [1.29, 1.82) is 0 Å². The molecular weight excluding hydrogens is 260 g/mol. The van der Waals surface area contributed by atoms with Crippen LogP contribution < -0.4 is 11.1 Å². The molecule has 0 bridgehead atoms. The molecule has 0 atom stereocenters. The van der Waals surface area contributed by atoms with Crippen LogP contribution in [-0.4, -0.2) is 42.0 Å². The maximum atomic E-state index is 11.9. The Balaban J connectivity index is 1.67. The van der Waals surface area contributed by atoms with Gasteiger partial charge in [-0.25, -0.2) is 4.98 Å². The van der Waals surface area contributed by atoms with E-state index < -0.39 is 0 Å². The standard InChI is InChI=1S/C13H22N4OS/c1-10-11(19-13(14)16-10)12(18)15-6-5-9-17-7-3-2-4-8-17/h2-9H2,1H3,(H2,14,16)(H,15,18). The summed E-state index contributed by atoms with van der Waals surface area (Å²) in [5, 5.41) is 3.40. The van der Waals surface area contributed by atoms with Crippen LogP contribution in [0.2, 0.25) is 0 Å². The molecule has 0 radical (unpaired) electrons. The summed E-state index contributed by atoms with van der Waals surface area (Å²) in [6, 6.07) is 0. The number of amides is 1. The summed E-state index contributed by atoms with van der Waals surface area (Å²) >= 11 is 1.25. The van der Waals surface area contributed by atoms with E-state index >= 15 is 0 Å². The number of likely N-dealkylation sites (tertiary alicyclic amines) is 1. The normalized spacial score (nSPS) is 16.5. The van der Waals surface area contributed by atoms with Gasteiger partial charge in [-0.2, -0.15) is 0 Å². The molecule has 0 unspecified atom stereocenters. The van der Waals surface area contributed by atoms with Crippen LogP contribution >= 0.6 is 11.3 Å². The Morgan fingerprint density at radius 2 is 2.16 bits per heavy atom. The van der Waals surface area contributed by atoms with Gasteiger partial charge in [-0.3, -0.25) is 4.79 Å². The van der Waals surface area contributed by atoms with E-state index in [1.54, 1.807) is 0 Å². The second kappa shape index (κ2) is 6.86. The molecule has 106 valence electrons. The number of carbonyl (C=O) groups excluding carboxylic acids is 1. The number of aromatic nitrogens is 1. The number of rotatable bonds is 5. The summed E-state index contributed by atoms with van der Waals surface area (Å²) in [4.78, 5) is 19.1. The van der Waals surface area contributed by atoms with E-state index in [1.165, 1.54) is 43.7 Å². The minimum atomic E-state index is -0.0506. The number of nitrogens with zero attached hydrogens (tertiary/aromatic N) is 2. The Bertz CT molecular complexity index is 426. The fraction of sp³-hybridized carbons (Fsp3) is 0.692. The number of nitrogens with one attached hydrogen (secondary N) is 1. The number of thiazole rings is 1. The molecule has 6 heteroatoms. The number of carbonyl (C=O) groups is 1. The average molecular weight is 282 g/mol. The van der Waals surface area contributed by atoms with E-state index in [2.05, 4.69) is 15.2 Å². The molecule has 1 fully saturated rings. The fourth-order valence-corrected chi connectivity index (χ4v) is 3.15. The summed E-state index contributed by atoms with van der Waals surface area (Å²) in [6.45, 7) is 6.02. The van der Waals surface area contributed by atoms with Crippen molar-refractivity contribution in [2.24, 2.45) is 0 Å². The maximum absolute atomic E-state index is 11.9. The highest BCUT2D eigenvalue weighted by Gasteiger charge is 2.14. The molecule has 2 heterocycles. The van der Waals surface area contributed by atoms with Gasteiger partial charge in [0.2, 0.25) is 0 Å². The Kier molecular flexibility index (Phi) is 5.15. The Morgan fingerprint density at radius 3 is 2.79 bits per heavy atom. The molecule has 1 saturated heterocycles. The van der Waals surface area contributed by atoms with Crippen LogP contribution in [0.4, 0.5) is 5.13 Å². The first-order chi connectivity index (χ1) is 9.16. The number of hydrogen-bond acceptors (Lipinski definition) is 5. The second-order valence-corrected chi connectivity index (χ2v) is 6.01. The number of piperidine rings is 1. The zero-order chi connectivity index (χ0) is 13.7. The van der Waals surface area contributed by atoms with Crippen LogP contribution in [0.15, 0.2) is 0 Å². The second-order valence-electron chi connectivity index (χ2n) is 4.98. The van der Waals surface area contributed by atoms with Crippen LogP contribution in [0.5, 0.6) is 0 Å². The van der Waals surface area contributed by atoms with Crippen molar-refractivity contribution in [3.8, 4) is 0 Å². The Morgan fingerprint density at radius 1 is 1.42 bits per heavy atom. The number of anilines is 1. The Labute approximate surface area is 118 Å². The summed E-state index contributed by atoms with van der Waals surface area (Å²) in [5.41, 5.74) is 6.31. The molecule has 3 N–H and O–H groups in total. The summed E-state index contributed by atoms with van der Waals surface area (Å²) in [6.07, 6.45) is 4.98. The molecule has 0 aromatic carbocycles. The van der Waals surface area contributed by atoms with Crippen molar-refractivity contribution in [1.82, 2.24) is 15.2 Å². The molecule has 0 aliphatic carbocycles. The first-order valence-electron chi connectivity index (χ1n) is 6.90. The van der Waals surface area contributed by atoms with Gasteiger partial charge in [0.05, 0.1) is 5.69 Å². The highest BCUT2D eigenvalue weighted by molar-refractivity contribution is 7.17. The van der Waals surface area contributed by atoms with E-state index in [0.29, 0.717) is 16.6 Å². The lowest BCUT2D eigenvalue weighted by atomic mass is 10.1. The van der Waals surface area contributed by atoms with E-state index in [4.69, 9.17) is 5.73 Å². The zero-order valence-electron chi connectivity index (χ0n) is 11.4. The van der Waals surface area contributed by atoms with E-state index in [1.807, 2.05) is 6.92 Å². The number of aryl methyl sites for hydroxylation is 1. The van der Waals surface area contributed by atoms with Gasteiger partial charge in [-0.15, -0.1) is 0 Å². The molecule has 19 heavy (non-hydrogen) atoms. The third-order valence-electron chi connectivity index (χ3n) is 3.40. The van der Waals surface area contributed by atoms with Crippen LogP contribution in [-0.2, 0) is 0 Å². The molecule has 1 aromatic heterocycles. The van der Waals surface area contributed by atoms with Crippen LogP contribution in [0.1, 0.15) is 41.0 Å². The number of hydrogen-bond donors (Lipinski definition) is 2. The zero-order valence-corrected chi connectivity index (χ0v) is 12.3. The van der Waals surface area contributed by atoms with Crippen LogP contribution in [0.3, 0.4) is 0 Å². The summed E-state index contributed by atoms with van der Waals surface area (Å²) < 4.78 is 0. The largest absolute Gasteiger partial charge is 0.375 e. The lowest BCUT2D eigenvalue weighted by Gasteiger charge is -2.26. The quantitative estimate of drug-likeness (QED) is 0.805. The molecule has 1 amide bonds. The van der Waals surface area contributed by atoms with Gasteiger partial charge in [0, 0.05) is 6.54 Å². The summed E-state index contributed by atoms with van der Waals surface area (Å²) in [7, 11) is 0. The van der Waals surface area contributed by atoms with Crippen molar-refractivity contribution in [2.75, 3.05) is 31.9 Å². The molecule has 5 nitrogen and oxygen atoms in total. The SMILES string of the molecule is Cc1nc(N)sc1C(=O)NCCCN1CCCCC1. The van der Waals surface area contributed by atoms with Gasteiger partial charge in [0.1, 0.15) is 4.88 Å². The first-order valence-corrected chi connectivity index (χ1v) is 7.72.